The van der Waals surface area contributed by atoms with Crippen molar-refractivity contribution < 1.29 is 9.72 Å². The molecule has 21 heavy (non-hydrogen) atoms. The number of halogens is 1. The molecule has 7 heteroatoms. The summed E-state index contributed by atoms with van der Waals surface area (Å²) in [5.74, 6) is 0.0346. The number of benzene rings is 1. The van der Waals surface area contributed by atoms with Crippen LogP contribution in [-0.2, 0) is 11.2 Å². The van der Waals surface area contributed by atoms with Crippen LogP contribution >= 0.6 is 12.4 Å². The van der Waals surface area contributed by atoms with Crippen LogP contribution in [0.5, 0.6) is 0 Å². The van der Waals surface area contributed by atoms with Crippen LogP contribution in [0, 0.1) is 16.0 Å². The highest BCUT2D eigenvalue weighted by Gasteiger charge is 2.34. The van der Waals surface area contributed by atoms with Gasteiger partial charge in [-0.25, -0.2) is 0 Å². The summed E-state index contributed by atoms with van der Waals surface area (Å²) in [4.78, 5) is 24.7. The maximum absolute atomic E-state index is 12.5. The number of fused-ring (bicyclic) bond motifs is 1. The van der Waals surface area contributed by atoms with Gasteiger partial charge in [-0.2, -0.15) is 0 Å². The van der Waals surface area contributed by atoms with Crippen molar-refractivity contribution in [2.45, 2.75) is 31.7 Å². The zero-order valence-electron chi connectivity index (χ0n) is 11.5. The van der Waals surface area contributed by atoms with Crippen LogP contribution in [0.2, 0.25) is 0 Å². The lowest BCUT2D eigenvalue weighted by Gasteiger charge is -2.21. The lowest BCUT2D eigenvalue weighted by molar-refractivity contribution is -0.384. The van der Waals surface area contributed by atoms with Crippen LogP contribution in [0.3, 0.4) is 0 Å². The number of nitro benzene ring substituents is 1. The van der Waals surface area contributed by atoms with Gasteiger partial charge in [0, 0.05) is 30.6 Å². The Labute approximate surface area is 128 Å². The number of nitrogens with two attached hydrogens (primary N) is 1. The zero-order chi connectivity index (χ0) is 14.3. The highest BCUT2D eigenvalue weighted by atomic mass is 35.5. The van der Waals surface area contributed by atoms with Crippen LogP contribution < -0.4 is 10.6 Å². The fourth-order valence-electron chi connectivity index (χ4n) is 3.17. The van der Waals surface area contributed by atoms with E-state index in [4.69, 9.17) is 5.73 Å². The first-order valence-electron chi connectivity index (χ1n) is 6.90. The molecule has 2 atom stereocenters. The van der Waals surface area contributed by atoms with E-state index in [-0.39, 0.29) is 36.0 Å². The minimum atomic E-state index is -0.424. The summed E-state index contributed by atoms with van der Waals surface area (Å²) in [5, 5.41) is 10.9. The van der Waals surface area contributed by atoms with Gasteiger partial charge in [0.2, 0.25) is 5.91 Å². The van der Waals surface area contributed by atoms with Crippen molar-refractivity contribution in [3.63, 3.8) is 0 Å². The summed E-state index contributed by atoms with van der Waals surface area (Å²) >= 11 is 0. The van der Waals surface area contributed by atoms with E-state index in [0.29, 0.717) is 12.2 Å². The number of nitro groups is 1. The van der Waals surface area contributed by atoms with Gasteiger partial charge in [-0.3, -0.25) is 14.9 Å². The van der Waals surface area contributed by atoms with E-state index >= 15 is 0 Å². The van der Waals surface area contributed by atoms with Crippen molar-refractivity contribution >= 4 is 29.7 Å². The molecular formula is C14H18ClN3O3. The summed E-state index contributed by atoms with van der Waals surface area (Å²) in [7, 11) is 0. The van der Waals surface area contributed by atoms with Crippen molar-refractivity contribution in [3.8, 4) is 0 Å². The largest absolute Gasteiger partial charge is 0.328 e. The Hall–Kier alpha value is -1.66. The second-order valence-corrected chi connectivity index (χ2v) is 5.58. The molecule has 1 aromatic rings. The van der Waals surface area contributed by atoms with E-state index < -0.39 is 4.92 Å². The topological polar surface area (TPSA) is 89.5 Å². The molecule has 1 aliphatic carbocycles. The molecule has 1 aromatic carbocycles. The highest BCUT2D eigenvalue weighted by Crippen LogP contribution is 2.35. The van der Waals surface area contributed by atoms with Crippen molar-refractivity contribution in [3.05, 3.63) is 33.9 Å². The first-order valence-corrected chi connectivity index (χ1v) is 6.90. The molecule has 0 radical (unpaired) electrons. The zero-order valence-corrected chi connectivity index (χ0v) is 12.3. The molecule has 1 aliphatic heterocycles. The summed E-state index contributed by atoms with van der Waals surface area (Å²) in [6, 6.07) is 4.87. The van der Waals surface area contributed by atoms with Gasteiger partial charge in [-0.15, -0.1) is 12.4 Å². The van der Waals surface area contributed by atoms with Crippen LogP contribution in [0.4, 0.5) is 11.4 Å². The number of amides is 1. The number of hydrogen-bond donors (Lipinski definition) is 1. The summed E-state index contributed by atoms with van der Waals surface area (Å²) < 4.78 is 0. The average molecular weight is 312 g/mol. The number of carbonyl (C=O) groups is 1. The average Bonchev–Trinajstić information content (AvgIpc) is 3.03. The third-order valence-corrected chi connectivity index (χ3v) is 4.26. The summed E-state index contributed by atoms with van der Waals surface area (Å²) in [6.07, 6.45) is 3.18. The molecule has 0 aromatic heterocycles. The van der Waals surface area contributed by atoms with Gasteiger partial charge in [0.05, 0.1) is 10.6 Å². The molecule has 1 heterocycles. The highest BCUT2D eigenvalue weighted by molar-refractivity contribution is 5.97. The van der Waals surface area contributed by atoms with E-state index in [9.17, 15) is 14.9 Å². The predicted octanol–water partition coefficient (Wildman–Crippen LogP) is 2.03. The standard InChI is InChI=1S/C14H17N3O3.ClH/c15-11-3-1-10(7-11)14(18)16-6-5-9-2-4-12(17(19)20)8-13(9)16;/h2,4,8,10-11H,1,3,5-7,15H2;1H. The molecule has 1 fully saturated rings. The van der Waals surface area contributed by atoms with Crippen LogP contribution in [0.25, 0.3) is 0 Å². The Morgan fingerprint density at radius 1 is 1.38 bits per heavy atom. The number of anilines is 1. The molecule has 114 valence electrons. The molecule has 1 amide bonds. The molecule has 2 aliphatic rings. The molecule has 0 spiro atoms. The van der Waals surface area contributed by atoms with Crippen LogP contribution in [0.15, 0.2) is 18.2 Å². The number of hydrogen-bond acceptors (Lipinski definition) is 4. The molecule has 0 saturated heterocycles. The molecule has 2 unspecified atom stereocenters. The Balaban J connectivity index is 0.00000161. The third-order valence-electron chi connectivity index (χ3n) is 4.26. The van der Waals surface area contributed by atoms with Crippen molar-refractivity contribution in [1.29, 1.82) is 0 Å². The second kappa shape index (κ2) is 5.99. The minimum absolute atomic E-state index is 0. The molecule has 2 N–H and O–H groups in total. The lowest BCUT2D eigenvalue weighted by atomic mass is 10.1. The SMILES string of the molecule is Cl.NC1CCC(C(=O)N2CCc3ccc([N+](=O)[O-])cc32)C1. The predicted molar refractivity (Wildman–Crippen MR) is 81.7 cm³/mol. The minimum Gasteiger partial charge on any atom is -0.328 e. The van der Waals surface area contributed by atoms with E-state index in [2.05, 4.69) is 0 Å². The fourth-order valence-corrected chi connectivity index (χ4v) is 3.17. The summed E-state index contributed by atoms with van der Waals surface area (Å²) in [6.45, 7) is 0.612. The van der Waals surface area contributed by atoms with Crippen LogP contribution in [-0.4, -0.2) is 23.4 Å². The fraction of sp³-hybridized carbons (Fsp3) is 0.500. The van der Waals surface area contributed by atoms with E-state index in [1.54, 1.807) is 11.0 Å². The van der Waals surface area contributed by atoms with E-state index in [1.165, 1.54) is 12.1 Å². The molecule has 0 bridgehead atoms. The molecule has 1 saturated carbocycles. The first kappa shape index (κ1) is 15.7. The van der Waals surface area contributed by atoms with Gasteiger partial charge in [0.25, 0.3) is 5.69 Å². The Kier molecular flexibility index (Phi) is 4.49. The first-order chi connectivity index (χ1) is 9.56. The Morgan fingerprint density at radius 3 is 2.76 bits per heavy atom. The van der Waals surface area contributed by atoms with E-state index in [1.807, 2.05) is 0 Å². The molecule has 6 nitrogen and oxygen atoms in total. The van der Waals surface area contributed by atoms with Crippen molar-refractivity contribution in [1.82, 2.24) is 0 Å². The molecular weight excluding hydrogens is 294 g/mol. The maximum Gasteiger partial charge on any atom is 0.271 e. The quantitative estimate of drug-likeness (QED) is 0.668. The van der Waals surface area contributed by atoms with E-state index in [0.717, 1.165) is 31.2 Å². The maximum atomic E-state index is 12.5. The second-order valence-electron chi connectivity index (χ2n) is 5.58. The number of rotatable bonds is 2. The summed E-state index contributed by atoms with van der Waals surface area (Å²) in [5.41, 5.74) is 7.60. The Morgan fingerprint density at radius 2 is 2.14 bits per heavy atom. The normalized spacial score (nSPS) is 23.6. The van der Waals surface area contributed by atoms with Gasteiger partial charge in [-0.1, -0.05) is 6.07 Å². The van der Waals surface area contributed by atoms with Crippen molar-refractivity contribution in [2.24, 2.45) is 11.7 Å². The van der Waals surface area contributed by atoms with Gasteiger partial charge in [0.15, 0.2) is 0 Å². The molecule has 3 rings (SSSR count). The lowest BCUT2D eigenvalue weighted by Crippen LogP contribution is -2.34. The number of carbonyl (C=O) groups excluding carboxylic acids is 1. The monoisotopic (exact) mass is 311 g/mol. The Bertz CT molecular complexity index is 579. The van der Waals surface area contributed by atoms with Gasteiger partial charge in [-0.05, 0) is 31.2 Å². The number of non-ortho nitro benzene ring substituents is 1. The van der Waals surface area contributed by atoms with Gasteiger partial charge >= 0.3 is 0 Å². The smallest absolute Gasteiger partial charge is 0.271 e. The van der Waals surface area contributed by atoms with Gasteiger partial charge < -0.3 is 10.6 Å². The third kappa shape index (κ3) is 2.87. The number of nitrogens with zero attached hydrogens (tertiary/aromatic N) is 2. The van der Waals surface area contributed by atoms with Crippen molar-refractivity contribution in [2.75, 3.05) is 11.4 Å². The van der Waals surface area contributed by atoms with Crippen LogP contribution in [0.1, 0.15) is 24.8 Å². The van der Waals surface area contributed by atoms with Gasteiger partial charge in [0.1, 0.15) is 0 Å².